The van der Waals surface area contributed by atoms with Gasteiger partial charge in [0.2, 0.25) is 0 Å². The molecule has 1 saturated heterocycles. The van der Waals surface area contributed by atoms with Crippen molar-refractivity contribution in [2.45, 2.75) is 70.2 Å². The van der Waals surface area contributed by atoms with Crippen LogP contribution in [-0.2, 0) is 21.7 Å². The molecule has 2 nitrogen and oxygen atoms in total. The summed E-state index contributed by atoms with van der Waals surface area (Å²) < 4.78 is 0. The molecule has 3 aliphatic rings. The van der Waals surface area contributed by atoms with Gasteiger partial charge in [0.15, 0.2) is 0 Å². The fourth-order valence-electron chi connectivity index (χ4n) is 5.18. The van der Waals surface area contributed by atoms with Crippen molar-refractivity contribution < 1.29 is 21.7 Å². The van der Waals surface area contributed by atoms with Crippen LogP contribution in [-0.4, -0.2) is 37.8 Å². The molecule has 2 fully saturated rings. The molecule has 0 aromatic rings. The second kappa shape index (κ2) is 10.8. The molecule has 1 saturated carbocycles. The van der Waals surface area contributed by atoms with Gasteiger partial charge in [-0.3, -0.25) is 4.90 Å². The summed E-state index contributed by atoms with van der Waals surface area (Å²) in [5.74, 6) is 1.46. The fourth-order valence-corrected chi connectivity index (χ4v) is 9.16. The number of nitrogens with zero attached hydrogens (tertiary/aromatic N) is 2. The number of allylic oxidation sites excluding steroid dienone is 3. The van der Waals surface area contributed by atoms with Crippen LogP contribution in [0.1, 0.15) is 40.0 Å². The van der Waals surface area contributed by atoms with Crippen LogP contribution in [0.4, 0.5) is 0 Å². The van der Waals surface area contributed by atoms with E-state index in [4.69, 9.17) is 4.98 Å². The number of fused-ring (bicyclic) bond motifs is 1. The third-order valence-corrected chi connectivity index (χ3v) is 9.45. The normalized spacial score (nSPS) is 30.5. The maximum absolute atomic E-state index is 5.34. The Labute approximate surface area is 181 Å². The maximum atomic E-state index is 5.34. The van der Waals surface area contributed by atoms with Gasteiger partial charge in [0.05, 0.1) is 0 Å². The van der Waals surface area contributed by atoms with Crippen LogP contribution >= 0.6 is 0 Å². The minimum atomic E-state index is -1.59. The molecule has 3 unspecified atom stereocenters. The van der Waals surface area contributed by atoms with Gasteiger partial charge in [-0.05, 0) is 44.2 Å². The van der Waals surface area contributed by atoms with Gasteiger partial charge in [0.25, 0.3) is 0 Å². The van der Waals surface area contributed by atoms with E-state index in [-0.39, 0.29) is 49.5 Å². The number of hydrogen-bond acceptors (Lipinski definition) is 1. The van der Waals surface area contributed by atoms with E-state index in [9.17, 15) is 0 Å². The fraction of sp³-hybridized carbons (Fsp3) is 0.682. The van der Waals surface area contributed by atoms with Gasteiger partial charge in [-0.25, -0.2) is 0 Å². The van der Waals surface area contributed by atoms with Crippen LogP contribution < -0.4 is 0 Å². The van der Waals surface area contributed by atoms with Crippen molar-refractivity contribution in [3.05, 3.63) is 51.6 Å². The van der Waals surface area contributed by atoms with Crippen molar-refractivity contribution in [3.8, 4) is 0 Å². The van der Waals surface area contributed by atoms with Gasteiger partial charge in [-0.15, -0.1) is 5.54 Å². The number of hydrogen-bond donors (Lipinski definition) is 0. The first-order valence-electron chi connectivity index (χ1n) is 9.11. The van der Waals surface area contributed by atoms with Crippen LogP contribution in [0, 0.1) is 34.1 Å². The van der Waals surface area contributed by atoms with Gasteiger partial charge >= 0.3 is 21.7 Å². The Morgan fingerprint density at radius 3 is 1.92 bits per heavy atom. The Balaban J connectivity index is 0. The molecular formula is C22H42N2SiTi. The Morgan fingerprint density at radius 1 is 0.923 bits per heavy atom. The van der Waals surface area contributed by atoms with Crippen LogP contribution in [0.25, 0.3) is 4.98 Å². The molecule has 0 radical (unpaired) electrons. The SMILES string of the molecule is CC(C)(C)[N-][Si](C)(C)[C@H]1CC(N2CCCC2)C2C=CC=CC21.[CH3-].[CH3-].[CH3-].[Ti+4]. The zero-order valence-corrected chi connectivity index (χ0v) is 21.1. The van der Waals surface area contributed by atoms with Crippen molar-refractivity contribution in [1.82, 2.24) is 4.90 Å². The molecular weight excluding hydrogens is 368 g/mol. The Hall–Kier alpha value is 0.331. The van der Waals surface area contributed by atoms with Crippen molar-refractivity contribution >= 4 is 8.24 Å². The van der Waals surface area contributed by atoms with Gasteiger partial charge in [0.1, 0.15) is 0 Å². The summed E-state index contributed by atoms with van der Waals surface area (Å²) in [6.07, 6.45) is 13.7. The third kappa shape index (κ3) is 6.17. The van der Waals surface area contributed by atoms with Crippen LogP contribution in [0.3, 0.4) is 0 Å². The molecule has 148 valence electrons. The Bertz CT molecular complexity index is 461. The van der Waals surface area contributed by atoms with Gasteiger partial charge < -0.3 is 27.3 Å². The predicted octanol–water partition coefficient (Wildman–Crippen LogP) is 6.31. The number of likely N-dealkylation sites (tertiary alicyclic amines) is 1. The van der Waals surface area contributed by atoms with E-state index in [0.29, 0.717) is 0 Å². The first-order valence-corrected chi connectivity index (χ1v) is 12.1. The largest absolute Gasteiger partial charge is 4.00 e. The Morgan fingerprint density at radius 2 is 1.42 bits per heavy atom. The first-order chi connectivity index (χ1) is 10.3. The molecule has 2 aliphatic carbocycles. The predicted molar refractivity (Wildman–Crippen MR) is 118 cm³/mol. The van der Waals surface area contributed by atoms with E-state index in [1.807, 2.05) is 0 Å². The van der Waals surface area contributed by atoms with Crippen molar-refractivity contribution in [3.63, 3.8) is 0 Å². The van der Waals surface area contributed by atoms with E-state index in [2.05, 4.69) is 63.1 Å². The average molecular weight is 411 g/mol. The molecule has 1 aliphatic heterocycles. The smallest absolute Gasteiger partial charge is 0.660 e. The van der Waals surface area contributed by atoms with Crippen LogP contribution in [0.15, 0.2) is 24.3 Å². The third-order valence-electron chi connectivity index (χ3n) is 5.77. The van der Waals surface area contributed by atoms with Gasteiger partial charge in [-0.2, -0.15) is 0 Å². The minimum Gasteiger partial charge on any atom is -0.660 e. The van der Waals surface area contributed by atoms with Crippen LogP contribution in [0.5, 0.6) is 0 Å². The summed E-state index contributed by atoms with van der Waals surface area (Å²) in [6, 6.07) is 0.764. The van der Waals surface area contributed by atoms with E-state index in [1.54, 1.807) is 0 Å². The quantitative estimate of drug-likeness (QED) is 0.394. The molecule has 0 N–H and O–H groups in total. The molecule has 0 aromatic heterocycles. The van der Waals surface area contributed by atoms with E-state index < -0.39 is 8.24 Å². The van der Waals surface area contributed by atoms with E-state index >= 15 is 0 Å². The standard InChI is InChI=1S/C19H33N2Si.3CH3.Ti/c1-19(2,3)20-22(4,5)18-14-17(21-12-8-9-13-21)15-10-6-7-11-16(15)18;;;;/h6-7,10-11,15-18H,8-9,12-14H2,1-5H3;3*1H3;/q4*-1;+4/t15?,16?,17?,18-;;;;/m0..../s1. The topological polar surface area (TPSA) is 17.3 Å². The second-order valence-corrected chi connectivity index (χ2v) is 13.3. The summed E-state index contributed by atoms with van der Waals surface area (Å²) in [7, 11) is -1.59. The minimum absolute atomic E-state index is 0. The summed E-state index contributed by atoms with van der Waals surface area (Å²) >= 11 is 0. The average Bonchev–Trinajstić information content (AvgIpc) is 3.02. The molecule has 0 spiro atoms. The summed E-state index contributed by atoms with van der Waals surface area (Å²) in [6.45, 7) is 14.4. The zero-order chi connectivity index (χ0) is 16.0. The first kappa shape index (κ1) is 28.5. The molecule has 3 rings (SSSR count). The molecule has 4 heteroatoms. The van der Waals surface area contributed by atoms with Gasteiger partial charge in [-0.1, -0.05) is 71.9 Å². The van der Waals surface area contributed by atoms with Gasteiger partial charge in [0, 0.05) is 6.04 Å². The number of rotatable bonds is 3. The zero-order valence-electron chi connectivity index (χ0n) is 18.5. The maximum Gasteiger partial charge on any atom is 4.00 e. The van der Waals surface area contributed by atoms with E-state index in [1.165, 1.54) is 32.4 Å². The Kier molecular flexibility index (Phi) is 11.8. The van der Waals surface area contributed by atoms with E-state index in [0.717, 1.165) is 23.4 Å². The summed E-state index contributed by atoms with van der Waals surface area (Å²) in [5, 5.41) is 0. The monoisotopic (exact) mass is 410 g/mol. The van der Waals surface area contributed by atoms with Crippen LogP contribution in [0.2, 0.25) is 18.6 Å². The molecule has 26 heavy (non-hydrogen) atoms. The van der Waals surface area contributed by atoms with Crippen molar-refractivity contribution in [1.29, 1.82) is 0 Å². The molecule has 4 atom stereocenters. The van der Waals surface area contributed by atoms with Crippen molar-refractivity contribution in [2.75, 3.05) is 13.1 Å². The molecule has 1 heterocycles. The molecule has 0 bridgehead atoms. The van der Waals surface area contributed by atoms with Crippen molar-refractivity contribution in [2.24, 2.45) is 11.8 Å². The second-order valence-electron chi connectivity index (χ2n) is 9.01. The molecule has 0 aromatic carbocycles. The summed E-state index contributed by atoms with van der Waals surface area (Å²) in [4.78, 5) is 8.12. The molecule has 0 amide bonds. The summed E-state index contributed by atoms with van der Waals surface area (Å²) in [5.41, 5.74) is 0.897.